The fourth-order valence-electron chi connectivity index (χ4n) is 1.31. The van der Waals surface area contributed by atoms with Crippen LogP contribution in [0.1, 0.15) is 19.3 Å². The lowest BCUT2D eigenvalue weighted by Gasteiger charge is -1.98. The monoisotopic (exact) mass is 202 g/mol. The molecule has 1 rings (SSSR count). The largest absolute Gasteiger partial charge is 0.295 e. The number of hydrogen-bond donors (Lipinski definition) is 0. The summed E-state index contributed by atoms with van der Waals surface area (Å²) in [6.07, 6.45) is 11.5. The van der Waals surface area contributed by atoms with Crippen molar-refractivity contribution in [3.8, 4) is 0 Å². The normalized spacial score (nSPS) is 14.3. The molecule has 0 spiro atoms. The van der Waals surface area contributed by atoms with E-state index in [1.165, 1.54) is 6.08 Å². The minimum absolute atomic E-state index is 0.0326. The maximum absolute atomic E-state index is 11.5. The van der Waals surface area contributed by atoms with Crippen LogP contribution in [0.2, 0.25) is 0 Å². The van der Waals surface area contributed by atoms with Crippen LogP contribution in [0, 0.1) is 0 Å². The molecule has 2 nitrogen and oxygen atoms in total. The molecule has 0 unspecified atom stereocenters. The summed E-state index contributed by atoms with van der Waals surface area (Å²) in [6, 6.07) is 0. The molecule has 0 radical (unpaired) electrons. The second kappa shape index (κ2) is 5.91. The maximum atomic E-state index is 11.5. The fourth-order valence-corrected chi connectivity index (χ4v) is 1.31. The standard InChI is InChI=1S/C13H14O2/c1-2-3-8-12(14)9-10-13(15)11-6-4-5-7-11/h2-6,8H,1,7,9-10H2. The molecule has 78 valence electrons. The van der Waals surface area contributed by atoms with E-state index in [1.54, 1.807) is 12.2 Å². The molecule has 15 heavy (non-hydrogen) atoms. The molecule has 0 aromatic rings. The van der Waals surface area contributed by atoms with Gasteiger partial charge in [-0.1, -0.05) is 37.0 Å². The fraction of sp³-hybridized carbons (Fsp3) is 0.231. The van der Waals surface area contributed by atoms with Crippen molar-refractivity contribution in [1.82, 2.24) is 0 Å². The van der Waals surface area contributed by atoms with E-state index in [2.05, 4.69) is 6.58 Å². The van der Waals surface area contributed by atoms with Crippen molar-refractivity contribution in [2.75, 3.05) is 0 Å². The number of carbonyl (C=O) groups excluding carboxylic acids is 2. The minimum atomic E-state index is -0.0326. The summed E-state index contributed by atoms with van der Waals surface area (Å²) in [5.74, 6) is 0.0372. The van der Waals surface area contributed by atoms with Gasteiger partial charge in [-0.15, -0.1) is 0 Å². The summed E-state index contributed by atoms with van der Waals surface area (Å²) in [7, 11) is 0. The van der Waals surface area contributed by atoms with Gasteiger partial charge in [-0.3, -0.25) is 9.59 Å². The van der Waals surface area contributed by atoms with Gasteiger partial charge < -0.3 is 0 Å². The van der Waals surface area contributed by atoms with Gasteiger partial charge in [-0.05, 0) is 18.1 Å². The number of allylic oxidation sites excluding steroid dienone is 7. The molecule has 0 aromatic heterocycles. The maximum Gasteiger partial charge on any atom is 0.159 e. The summed E-state index contributed by atoms with van der Waals surface area (Å²) in [5, 5.41) is 0. The summed E-state index contributed by atoms with van der Waals surface area (Å²) in [4.78, 5) is 22.7. The van der Waals surface area contributed by atoms with Crippen molar-refractivity contribution in [2.45, 2.75) is 19.3 Å². The zero-order valence-electron chi connectivity index (χ0n) is 8.61. The first-order chi connectivity index (χ1) is 7.24. The highest BCUT2D eigenvalue weighted by molar-refractivity contribution is 6.00. The molecule has 0 atom stereocenters. The summed E-state index contributed by atoms with van der Waals surface area (Å²) in [5.41, 5.74) is 0.801. The van der Waals surface area contributed by atoms with Crippen molar-refractivity contribution < 1.29 is 9.59 Å². The summed E-state index contributed by atoms with van der Waals surface area (Å²) >= 11 is 0. The molecule has 0 aromatic carbocycles. The minimum Gasteiger partial charge on any atom is -0.295 e. The van der Waals surface area contributed by atoms with E-state index in [0.29, 0.717) is 12.8 Å². The van der Waals surface area contributed by atoms with E-state index in [4.69, 9.17) is 0 Å². The van der Waals surface area contributed by atoms with E-state index in [-0.39, 0.29) is 18.0 Å². The molecule has 0 saturated carbocycles. The molecular formula is C13H14O2. The van der Waals surface area contributed by atoms with Crippen molar-refractivity contribution in [3.05, 3.63) is 48.6 Å². The Hall–Kier alpha value is -1.70. The first kappa shape index (κ1) is 11.4. The highest BCUT2D eigenvalue weighted by Gasteiger charge is 2.11. The third kappa shape index (κ3) is 3.90. The van der Waals surface area contributed by atoms with Gasteiger partial charge in [0.25, 0.3) is 0 Å². The van der Waals surface area contributed by atoms with Crippen LogP contribution in [-0.2, 0) is 9.59 Å². The molecule has 0 bridgehead atoms. The van der Waals surface area contributed by atoms with Gasteiger partial charge in [-0.2, -0.15) is 0 Å². The molecule has 0 heterocycles. The van der Waals surface area contributed by atoms with Crippen LogP contribution in [0.5, 0.6) is 0 Å². The Morgan fingerprint density at radius 1 is 1.40 bits per heavy atom. The first-order valence-electron chi connectivity index (χ1n) is 4.95. The van der Waals surface area contributed by atoms with Crippen molar-refractivity contribution in [2.24, 2.45) is 0 Å². The number of hydrogen-bond acceptors (Lipinski definition) is 2. The lowest BCUT2D eigenvalue weighted by molar-refractivity contribution is -0.120. The van der Waals surface area contributed by atoms with Crippen LogP contribution >= 0.6 is 0 Å². The van der Waals surface area contributed by atoms with Gasteiger partial charge >= 0.3 is 0 Å². The lowest BCUT2D eigenvalue weighted by Crippen LogP contribution is -2.04. The topological polar surface area (TPSA) is 34.1 Å². The highest BCUT2D eigenvalue weighted by atomic mass is 16.1. The smallest absolute Gasteiger partial charge is 0.159 e. The average Bonchev–Trinajstić information content (AvgIpc) is 2.76. The molecular weight excluding hydrogens is 188 g/mol. The van der Waals surface area contributed by atoms with Gasteiger partial charge in [-0.25, -0.2) is 0 Å². The van der Waals surface area contributed by atoms with Crippen LogP contribution in [-0.4, -0.2) is 11.6 Å². The highest BCUT2D eigenvalue weighted by Crippen LogP contribution is 2.14. The number of ketones is 2. The third-order valence-electron chi connectivity index (χ3n) is 2.15. The first-order valence-corrected chi connectivity index (χ1v) is 4.95. The Bertz CT molecular complexity index is 357. The van der Waals surface area contributed by atoms with Crippen LogP contribution in [0.3, 0.4) is 0 Å². The molecule has 1 aliphatic rings. The van der Waals surface area contributed by atoms with Crippen LogP contribution in [0.4, 0.5) is 0 Å². The molecule has 0 aliphatic heterocycles. The van der Waals surface area contributed by atoms with E-state index in [9.17, 15) is 9.59 Å². The van der Waals surface area contributed by atoms with Gasteiger partial charge in [0.05, 0.1) is 0 Å². The number of carbonyl (C=O) groups is 2. The Kier molecular flexibility index (Phi) is 4.48. The molecule has 0 amide bonds. The van der Waals surface area contributed by atoms with E-state index < -0.39 is 0 Å². The predicted octanol–water partition coefficient (Wildman–Crippen LogP) is 2.53. The second-order valence-electron chi connectivity index (χ2n) is 3.31. The zero-order chi connectivity index (χ0) is 11.1. The SMILES string of the molecule is C=CC=CC(=O)CCC(=O)C1=CC=CC1. The average molecular weight is 202 g/mol. The van der Waals surface area contributed by atoms with Crippen molar-refractivity contribution in [1.29, 1.82) is 0 Å². The molecule has 0 saturated heterocycles. The van der Waals surface area contributed by atoms with Crippen LogP contribution < -0.4 is 0 Å². The molecule has 2 heteroatoms. The van der Waals surface area contributed by atoms with Gasteiger partial charge in [0.1, 0.15) is 0 Å². The molecule has 0 fully saturated rings. The van der Waals surface area contributed by atoms with Crippen molar-refractivity contribution >= 4 is 11.6 Å². The van der Waals surface area contributed by atoms with Gasteiger partial charge in [0.15, 0.2) is 11.6 Å². The summed E-state index contributed by atoms with van der Waals surface area (Å²) < 4.78 is 0. The van der Waals surface area contributed by atoms with Crippen LogP contribution in [0.15, 0.2) is 48.6 Å². The number of Topliss-reactive ketones (excluding diaryl/α,β-unsaturated/α-hetero) is 1. The third-order valence-corrected chi connectivity index (χ3v) is 2.15. The van der Waals surface area contributed by atoms with Gasteiger partial charge in [0.2, 0.25) is 0 Å². The second-order valence-corrected chi connectivity index (χ2v) is 3.31. The van der Waals surface area contributed by atoms with Gasteiger partial charge in [0, 0.05) is 12.8 Å². The Morgan fingerprint density at radius 3 is 2.80 bits per heavy atom. The number of rotatable bonds is 6. The quantitative estimate of drug-likeness (QED) is 0.490. The summed E-state index contributed by atoms with van der Waals surface area (Å²) in [6.45, 7) is 3.47. The zero-order valence-corrected chi connectivity index (χ0v) is 8.61. The lowest BCUT2D eigenvalue weighted by atomic mass is 10.0. The van der Waals surface area contributed by atoms with Crippen LogP contribution in [0.25, 0.3) is 0 Å². The van der Waals surface area contributed by atoms with Crippen molar-refractivity contribution in [3.63, 3.8) is 0 Å². The predicted molar refractivity (Wildman–Crippen MR) is 60.4 cm³/mol. The molecule has 1 aliphatic carbocycles. The Morgan fingerprint density at radius 2 is 2.20 bits per heavy atom. The molecule has 0 N–H and O–H groups in total. The van der Waals surface area contributed by atoms with E-state index in [0.717, 1.165) is 5.57 Å². The Labute approximate surface area is 89.7 Å². The Balaban J connectivity index is 2.31. The van der Waals surface area contributed by atoms with E-state index in [1.807, 2.05) is 18.2 Å². The van der Waals surface area contributed by atoms with E-state index >= 15 is 0 Å².